The number of nitrogens with zero attached hydrogens (tertiary/aromatic N) is 4. The predicted molar refractivity (Wildman–Crippen MR) is 181 cm³/mol. The number of aromatic nitrogens is 2. The van der Waals surface area contributed by atoms with Crippen molar-refractivity contribution >= 4 is 27.3 Å². The number of rotatable bonds is 4. The fourth-order valence-corrected chi connectivity index (χ4v) is 6.23. The Kier molecular flexibility index (Phi) is 6.19. The Morgan fingerprint density at radius 1 is 0.444 bits per heavy atom. The molecule has 0 saturated heterocycles. The van der Waals surface area contributed by atoms with Gasteiger partial charge < -0.3 is 0 Å². The summed E-state index contributed by atoms with van der Waals surface area (Å²) in [6, 6.07) is 53.9. The maximum absolute atomic E-state index is 9.47. The summed E-state index contributed by atoms with van der Waals surface area (Å²) in [5.74, 6) is 0. The lowest BCUT2D eigenvalue weighted by atomic mass is 9.97. The largest absolute Gasteiger partial charge is 0.291 e. The number of nitriles is 2. The van der Waals surface area contributed by atoms with E-state index in [9.17, 15) is 10.5 Å². The van der Waals surface area contributed by atoms with Crippen LogP contribution in [0.5, 0.6) is 0 Å². The molecule has 45 heavy (non-hydrogen) atoms. The first-order valence-electron chi connectivity index (χ1n) is 14.8. The lowest BCUT2D eigenvalue weighted by molar-refractivity contribution is 1.27. The van der Waals surface area contributed by atoms with Crippen LogP contribution in [0.1, 0.15) is 11.1 Å². The van der Waals surface area contributed by atoms with Gasteiger partial charge in [0, 0.05) is 21.9 Å². The number of benzene rings is 6. The second-order valence-electron chi connectivity index (χ2n) is 11.1. The Balaban J connectivity index is 1.40. The molecule has 0 atom stereocenters. The fourth-order valence-electron chi connectivity index (χ4n) is 6.23. The molecule has 0 aliphatic heterocycles. The Labute approximate surface area is 260 Å². The minimum Gasteiger partial charge on any atom is -0.291 e. The number of hydrogen-bond donors (Lipinski definition) is 0. The summed E-state index contributed by atoms with van der Waals surface area (Å²) >= 11 is 0. The first kappa shape index (κ1) is 26.2. The molecular weight excluding hydrogens is 548 g/mol. The van der Waals surface area contributed by atoms with Gasteiger partial charge in [-0.15, -0.1) is 0 Å². The first-order chi connectivity index (χ1) is 22.2. The number of pyridine rings is 1. The zero-order chi connectivity index (χ0) is 30.3. The third kappa shape index (κ3) is 4.41. The maximum atomic E-state index is 9.47. The molecule has 4 nitrogen and oxygen atoms in total. The third-order valence-corrected chi connectivity index (χ3v) is 8.47. The van der Waals surface area contributed by atoms with Gasteiger partial charge in [0.15, 0.2) is 0 Å². The van der Waals surface area contributed by atoms with E-state index in [-0.39, 0.29) is 0 Å². The van der Waals surface area contributed by atoms with E-state index in [0.717, 1.165) is 61.0 Å². The van der Waals surface area contributed by atoms with Crippen LogP contribution in [0.15, 0.2) is 146 Å². The van der Waals surface area contributed by atoms with Gasteiger partial charge in [-0.1, -0.05) is 109 Å². The Morgan fingerprint density at radius 2 is 0.956 bits per heavy atom. The van der Waals surface area contributed by atoms with E-state index in [1.54, 1.807) is 0 Å². The monoisotopic (exact) mass is 572 g/mol. The standard InChI is InChI=1S/C41H24N4/c42-25-27-10-14-32(15-11-27)39-40(33-16-12-28(26-43)13-17-33)45-38-23-22-34(24-37(38)35-8-4-5-9-36(35)41(45)44-39)31-20-18-30(19-21-31)29-6-2-1-3-7-29/h1-24H. The van der Waals surface area contributed by atoms with Crippen LogP contribution < -0.4 is 0 Å². The van der Waals surface area contributed by atoms with Crippen LogP contribution in [0.2, 0.25) is 0 Å². The quantitative estimate of drug-likeness (QED) is 0.197. The van der Waals surface area contributed by atoms with Crippen LogP contribution in [0.3, 0.4) is 0 Å². The Hall–Kier alpha value is -6.49. The van der Waals surface area contributed by atoms with E-state index in [4.69, 9.17) is 4.98 Å². The average Bonchev–Trinajstić information content (AvgIpc) is 3.53. The van der Waals surface area contributed by atoms with Gasteiger partial charge in [-0.3, -0.25) is 4.40 Å². The summed E-state index contributed by atoms with van der Waals surface area (Å²) in [4.78, 5) is 5.27. The van der Waals surface area contributed by atoms with Gasteiger partial charge in [0.25, 0.3) is 0 Å². The highest BCUT2D eigenvalue weighted by Crippen LogP contribution is 2.40. The highest BCUT2D eigenvalue weighted by atomic mass is 15.0. The molecule has 0 spiro atoms. The molecule has 2 aromatic heterocycles. The van der Waals surface area contributed by atoms with E-state index >= 15 is 0 Å². The van der Waals surface area contributed by atoms with Crippen molar-refractivity contribution in [3.63, 3.8) is 0 Å². The van der Waals surface area contributed by atoms with Crippen LogP contribution in [0.4, 0.5) is 0 Å². The molecule has 6 aromatic carbocycles. The van der Waals surface area contributed by atoms with Crippen LogP contribution in [-0.4, -0.2) is 9.38 Å². The van der Waals surface area contributed by atoms with E-state index in [1.807, 2.05) is 54.6 Å². The van der Waals surface area contributed by atoms with Gasteiger partial charge >= 0.3 is 0 Å². The number of hydrogen-bond acceptors (Lipinski definition) is 3. The van der Waals surface area contributed by atoms with Gasteiger partial charge in [-0.2, -0.15) is 10.5 Å². The van der Waals surface area contributed by atoms with E-state index < -0.39 is 0 Å². The summed E-state index contributed by atoms with van der Waals surface area (Å²) in [6.45, 7) is 0. The van der Waals surface area contributed by atoms with Gasteiger partial charge in [-0.25, -0.2) is 4.98 Å². The van der Waals surface area contributed by atoms with E-state index in [1.165, 1.54) is 11.1 Å². The molecule has 0 saturated carbocycles. The SMILES string of the molecule is N#Cc1ccc(-c2nc3c4ccccc4c4cc(-c5ccc(-c6ccccc6)cc5)ccc4n3c2-c2ccc(C#N)cc2)cc1. The van der Waals surface area contributed by atoms with Crippen molar-refractivity contribution in [2.45, 2.75) is 0 Å². The highest BCUT2D eigenvalue weighted by Gasteiger charge is 2.21. The van der Waals surface area contributed by atoms with Crippen LogP contribution >= 0.6 is 0 Å². The molecule has 0 amide bonds. The minimum absolute atomic E-state index is 0.600. The smallest absolute Gasteiger partial charge is 0.146 e. The molecule has 0 aliphatic rings. The second kappa shape index (κ2) is 10.7. The van der Waals surface area contributed by atoms with Gasteiger partial charge in [-0.05, 0) is 64.0 Å². The number of imidazole rings is 1. The topological polar surface area (TPSA) is 64.9 Å². The maximum Gasteiger partial charge on any atom is 0.146 e. The van der Waals surface area contributed by atoms with E-state index in [2.05, 4.69) is 108 Å². The molecule has 0 N–H and O–H groups in total. The molecular formula is C41H24N4. The van der Waals surface area contributed by atoms with Crippen molar-refractivity contribution in [1.82, 2.24) is 9.38 Å². The Bertz CT molecular complexity index is 2460. The molecule has 0 radical (unpaired) electrons. The molecule has 4 heteroatoms. The van der Waals surface area contributed by atoms with Crippen LogP contribution in [0, 0.1) is 22.7 Å². The summed E-state index contributed by atoms with van der Waals surface area (Å²) < 4.78 is 2.24. The molecule has 0 bridgehead atoms. The fraction of sp³-hybridized carbons (Fsp3) is 0. The summed E-state index contributed by atoms with van der Waals surface area (Å²) in [5, 5.41) is 22.2. The predicted octanol–water partition coefficient (Wildman–Crippen LogP) is 10.1. The lowest BCUT2D eigenvalue weighted by Gasteiger charge is -2.13. The normalized spacial score (nSPS) is 11.1. The molecule has 0 fully saturated rings. The zero-order valence-electron chi connectivity index (χ0n) is 24.1. The van der Waals surface area contributed by atoms with Crippen LogP contribution in [-0.2, 0) is 0 Å². The van der Waals surface area contributed by atoms with Crippen molar-refractivity contribution in [3.05, 3.63) is 157 Å². The zero-order valence-corrected chi connectivity index (χ0v) is 24.1. The highest BCUT2D eigenvalue weighted by molar-refractivity contribution is 6.14. The number of fused-ring (bicyclic) bond motifs is 6. The van der Waals surface area contributed by atoms with Gasteiger partial charge in [0.05, 0.1) is 40.2 Å². The van der Waals surface area contributed by atoms with Crippen molar-refractivity contribution in [3.8, 4) is 56.9 Å². The van der Waals surface area contributed by atoms with Crippen molar-refractivity contribution < 1.29 is 0 Å². The summed E-state index contributed by atoms with van der Waals surface area (Å²) in [7, 11) is 0. The first-order valence-corrected chi connectivity index (χ1v) is 14.8. The second-order valence-corrected chi connectivity index (χ2v) is 11.1. The van der Waals surface area contributed by atoms with E-state index in [0.29, 0.717) is 11.1 Å². The van der Waals surface area contributed by atoms with Gasteiger partial charge in [0.1, 0.15) is 5.65 Å². The molecule has 0 unspecified atom stereocenters. The van der Waals surface area contributed by atoms with Crippen molar-refractivity contribution in [1.29, 1.82) is 10.5 Å². The molecule has 2 heterocycles. The third-order valence-electron chi connectivity index (χ3n) is 8.47. The Morgan fingerprint density at radius 3 is 1.60 bits per heavy atom. The lowest BCUT2D eigenvalue weighted by Crippen LogP contribution is -1.95. The minimum atomic E-state index is 0.600. The average molecular weight is 573 g/mol. The molecule has 0 aliphatic carbocycles. The van der Waals surface area contributed by atoms with Crippen LogP contribution in [0.25, 0.3) is 72.1 Å². The van der Waals surface area contributed by atoms with Crippen molar-refractivity contribution in [2.24, 2.45) is 0 Å². The molecule has 208 valence electrons. The van der Waals surface area contributed by atoms with Crippen molar-refractivity contribution in [2.75, 3.05) is 0 Å². The summed E-state index contributed by atoms with van der Waals surface area (Å²) in [5.41, 5.74) is 11.4. The van der Waals surface area contributed by atoms with Gasteiger partial charge in [0.2, 0.25) is 0 Å². The molecule has 8 rings (SSSR count). The molecule has 8 aromatic rings. The summed E-state index contributed by atoms with van der Waals surface area (Å²) in [6.07, 6.45) is 0.